The Bertz CT molecular complexity index is 396. The van der Waals surface area contributed by atoms with E-state index in [1.807, 2.05) is 6.92 Å². The molecule has 0 spiro atoms. The van der Waals surface area contributed by atoms with E-state index in [1.54, 1.807) is 6.07 Å². The summed E-state index contributed by atoms with van der Waals surface area (Å²) in [7, 11) is 0. The molecule has 1 aromatic rings. The van der Waals surface area contributed by atoms with E-state index >= 15 is 0 Å². The summed E-state index contributed by atoms with van der Waals surface area (Å²) >= 11 is 0. The van der Waals surface area contributed by atoms with Gasteiger partial charge in [0, 0.05) is 25.3 Å². The van der Waals surface area contributed by atoms with Crippen LogP contribution in [0.3, 0.4) is 0 Å². The van der Waals surface area contributed by atoms with Crippen LogP contribution in [-0.2, 0) is 11.3 Å². The first-order valence-corrected chi connectivity index (χ1v) is 6.33. The number of nitrogen functional groups attached to an aromatic ring is 1. The van der Waals surface area contributed by atoms with Crippen molar-refractivity contribution >= 4 is 11.6 Å². The third-order valence-corrected chi connectivity index (χ3v) is 2.84. The van der Waals surface area contributed by atoms with Gasteiger partial charge in [0.1, 0.15) is 18.2 Å². The van der Waals surface area contributed by atoms with Gasteiger partial charge in [-0.2, -0.15) is 0 Å². The average Bonchev–Trinajstić information content (AvgIpc) is 3.17. The van der Waals surface area contributed by atoms with Gasteiger partial charge in [0.2, 0.25) is 0 Å². The molecule has 6 nitrogen and oxygen atoms in total. The normalized spacial score (nSPS) is 14.8. The predicted octanol–water partition coefficient (Wildman–Crippen LogP) is 0.556. The molecule has 1 heterocycles. The third-order valence-electron chi connectivity index (χ3n) is 2.84. The molecule has 1 aliphatic carbocycles. The van der Waals surface area contributed by atoms with E-state index in [4.69, 9.17) is 15.6 Å². The van der Waals surface area contributed by atoms with E-state index in [9.17, 15) is 0 Å². The van der Waals surface area contributed by atoms with E-state index < -0.39 is 0 Å². The molecule has 1 saturated carbocycles. The number of aliphatic hydroxyl groups excluding tert-OH is 1. The van der Waals surface area contributed by atoms with Gasteiger partial charge in [-0.05, 0) is 19.8 Å². The molecule has 18 heavy (non-hydrogen) atoms. The summed E-state index contributed by atoms with van der Waals surface area (Å²) in [4.78, 5) is 10.7. The third kappa shape index (κ3) is 3.30. The van der Waals surface area contributed by atoms with E-state index in [0.717, 1.165) is 18.7 Å². The van der Waals surface area contributed by atoms with Gasteiger partial charge in [0.05, 0.1) is 6.61 Å². The Kier molecular flexibility index (Phi) is 4.33. The molecule has 0 aromatic carbocycles. The molecule has 0 saturated heterocycles. The number of aliphatic hydroxyl groups is 1. The number of hydrogen-bond donors (Lipinski definition) is 2. The molecule has 3 N–H and O–H groups in total. The standard InChI is InChI=1S/C12H20N4O2/c1-2-18-8-11-14-10(13)7-12(15-11)16(5-6-17)9-3-4-9/h7,9,17H,2-6,8H2,1H3,(H2,13,14,15). The minimum absolute atomic E-state index is 0.112. The summed E-state index contributed by atoms with van der Waals surface area (Å²) in [6, 6.07) is 2.23. The molecule has 0 atom stereocenters. The maximum absolute atomic E-state index is 9.11. The zero-order valence-electron chi connectivity index (χ0n) is 10.7. The van der Waals surface area contributed by atoms with Gasteiger partial charge in [0.15, 0.2) is 5.82 Å². The summed E-state index contributed by atoms with van der Waals surface area (Å²) in [5.74, 6) is 1.82. The maximum atomic E-state index is 9.11. The highest BCUT2D eigenvalue weighted by Crippen LogP contribution is 2.30. The number of nitrogens with two attached hydrogens (primary N) is 1. The maximum Gasteiger partial charge on any atom is 0.158 e. The highest BCUT2D eigenvalue weighted by molar-refractivity contribution is 5.48. The van der Waals surface area contributed by atoms with Crippen molar-refractivity contribution in [3.63, 3.8) is 0 Å². The minimum atomic E-state index is 0.112. The average molecular weight is 252 g/mol. The number of aromatic nitrogens is 2. The Morgan fingerprint density at radius 3 is 2.89 bits per heavy atom. The number of anilines is 2. The highest BCUT2D eigenvalue weighted by atomic mass is 16.5. The molecule has 6 heteroatoms. The number of ether oxygens (including phenoxy) is 1. The molecule has 1 aliphatic rings. The van der Waals surface area contributed by atoms with Crippen LogP contribution >= 0.6 is 0 Å². The Labute approximate surface area is 107 Å². The van der Waals surface area contributed by atoms with Crippen LogP contribution in [0.15, 0.2) is 6.07 Å². The first-order chi connectivity index (χ1) is 8.74. The van der Waals surface area contributed by atoms with Crippen molar-refractivity contribution in [2.75, 3.05) is 30.4 Å². The van der Waals surface area contributed by atoms with Crippen molar-refractivity contribution < 1.29 is 9.84 Å². The van der Waals surface area contributed by atoms with Crippen molar-refractivity contribution in [1.29, 1.82) is 0 Å². The highest BCUT2D eigenvalue weighted by Gasteiger charge is 2.30. The van der Waals surface area contributed by atoms with Crippen molar-refractivity contribution in [1.82, 2.24) is 9.97 Å². The second-order valence-electron chi connectivity index (χ2n) is 4.35. The lowest BCUT2D eigenvalue weighted by molar-refractivity contribution is 0.128. The fraction of sp³-hybridized carbons (Fsp3) is 0.667. The monoisotopic (exact) mass is 252 g/mol. The lowest BCUT2D eigenvalue weighted by Gasteiger charge is -2.23. The van der Waals surface area contributed by atoms with Crippen LogP contribution in [0.1, 0.15) is 25.6 Å². The van der Waals surface area contributed by atoms with E-state index in [2.05, 4.69) is 14.9 Å². The van der Waals surface area contributed by atoms with Crippen LogP contribution in [0.2, 0.25) is 0 Å². The van der Waals surface area contributed by atoms with E-state index in [1.165, 1.54) is 0 Å². The molecule has 0 radical (unpaired) electrons. The molecule has 0 unspecified atom stereocenters. The molecule has 100 valence electrons. The van der Waals surface area contributed by atoms with Gasteiger partial charge in [-0.3, -0.25) is 0 Å². The first-order valence-electron chi connectivity index (χ1n) is 6.33. The van der Waals surface area contributed by atoms with Crippen LogP contribution in [0.25, 0.3) is 0 Å². The summed E-state index contributed by atoms with van der Waals surface area (Å²) in [5, 5.41) is 9.11. The fourth-order valence-electron chi connectivity index (χ4n) is 1.89. The quantitative estimate of drug-likeness (QED) is 0.737. The smallest absolute Gasteiger partial charge is 0.158 e. The Hall–Kier alpha value is -1.40. The van der Waals surface area contributed by atoms with Gasteiger partial charge in [-0.25, -0.2) is 9.97 Å². The fourth-order valence-corrected chi connectivity index (χ4v) is 1.89. The van der Waals surface area contributed by atoms with Crippen LogP contribution in [0.4, 0.5) is 11.6 Å². The summed E-state index contributed by atoms with van der Waals surface area (Å²) < 4.78 is 5.30. The van der Waals surface area contributed by atoms with Gasteiger partial charge in [0.25, 0.3) is 0 Å². The van der Waals surface area contributed by atoms with E-state index in [-0.39, 0.29) is 6.61 Å². The molecular formula is C12H20N4O2. The molecule has 0 amide bonds. The minimum Gasteiger partial charge on any atom is -0.395 e. The van der Waals surface area contributed by atoms with Gasteiger partial charge < -0.3 is 20.5 Å². The van der Waals surface area contributed by atoms with Gasteiger partial charge in [-0.1, -0.05) is 0 Å². The molecule has 1 fully saturated rings. The largest absolute Gasteiger partial charge is 0.395 e. The Morgan fingerprint density at radius 1 is 1.50 bits per heavy atom. The van der Waals surface area contributed by atoms with Crippen LogP contribution < -0.4 is 10.6 Å². The summed E-state index contributed by atoms with van der Waals surface area (Å²) in [6.07, 6.45) is 2.29. The zero-order valence-corrected chi connectivity index (χ0v) is 10.7. The van der Waals surface area contributed by atoms with Crippen molar-refractivity contribution in [3.05, 3.63) is 11.9 Å². The Balaban J connectivity index is 2.16. The molecular weight excluding hydrogens is 232 g/mol. The summed E-state index contributed by atoms with van der Waals surface area (Å²) in [6.45, 7) is 3.61. The topological polar surface area (TPSA) is 84.5 Å². The van der Waals surface area contributed by atoms with Gasteiger partial charge >= 0.3 is 0 Å². The molecule has 2 rings (SSSR count). The lowest BCUT2D eigenvalue weighted by Crippen LogP contribution is -2.30. The zero-order chi connectivity index (χ0) is 13.0. The van der Waals surface area contributed by atoms with Crippen molar-refractivity contribution in [3.8, 4) is 0 Å². The SMILES string of the molecule is CCOCc1nc(N)cc(N(CCO)C2CC2)n1. The van der Waals surface area contributed by atoms with E-state index in [0.29, 0.717) is 37.4 Å². The van der Waals surface area contributed by atoms with Crippen LogP contribution in [0.5, 0.6) is 0 Å². The van der Waals surface area contributed by atoms with Crippen molar-refractivity contribution in [2.24, 2.45) is 0 Å². The number of rotatable bonds is 7. The van der Waals surface area contributed by atoms with Crippen LogP contribution in [-0.4, -0.2) is 40.9 Å². The molecule has 0 bridgehead atoms. The second-order valence-corrected chi connectivity index (χ2v) is 4.35. The second kappa shape index (κ2) is 5.97. The first kappa shape index (κ1) is 13.0. The van der Waals surface area contributed by atoms with Gasteiger partial charge in [-0.15, -0.1) is 0 Å². The number of hydrogen-bond acceptors (Lipinski definition) is 6. The number of nitrogens with zero attached hydrogens (tertiary/aromatic N) is 3. The van der Waals surface area contributed by atoms with Crippen LogP contribution in [0, 0.1) is 0 Å². The lowest BCUT2D eigenvalue weighted by atomic mass is 10.4. The molecule has 1 aromatic heterocycles. The molecule has 0 aliphatic heterocycles. The van der Waals surface area contributed by atoms with Crippen molar-refractivity contribution in [2.45, 2.75) is 32.4 Å². The summed E-state index contributed by atoms with van der Waals surface area (Å²) in [5.41, 5.74) is 5.79. The predicted molar refractivity (Wildman–Crippen MR) is 69.2 cm³/mol. The Morgan fingerprint density at radius 2 is 2.28 bits per heavy atom.